The van der Waals surface area contributed by atoms with Gasteiger partial charge in [-0.25, -0.2) is 0 Å². The number of nitrogens with one attached hydrogen (secondary N) is 2. The highest BCUT2D eigenvalue weighted by Gasteiger charge is 2.08. The van der Waals surface area contributed by atoms with Gasteiger partial charge in [-0.2, -0.15) is 5.26 Å². The molecule has 0 aromatic heterocycles. The smallest absolute Gasteiger partial charge is 0.267 e. The molecule has 0 heterocycles. The Morgan fingerprint density at radius 3 is 2.33 bits per heavy atom. The zero-order valence-corrected chi connectivity index (χ0v) is 11.6. The summed E-state index contributed by atoms with van der Waals surface area (Å²) >= 11 is 0. The summed E-state index contributed by atoms with van der Waals surface area (Å²) < 4.78 is 0. The van der Waals surface area contributed by atoms with Crippen molar-refractivity contribution in [3.63, 3.8) is 0 Å². The number of hydrogen-bond donors (Lipinski definition) is 2. The van der Waals surface area contributed by atoms with Crippen LogP contribution in [0.5, 0.6) is 0 Å². The highest BCUT2D eigenvalue weighted by molar-refractivity contribution is 6.06. The van der Waals surface area contributed by atoms with Crippen molar-refractivity contribution in [1.29, 1.82) is 5.26 Å². The molecular formula is C17H15N3O. The third kappa shape index (κ3) is 4.22. The first-order valence-electron chi connectivity index (χ1n) is 6.49. The van der Waals surface area contributed by atoms with Gasteiger partial charge in [0.1, 0.15) is 11.6 Å². The van der Waals surface area contributed by atoms with Gasteiger partial charge in [-0.1, -0.05) is 35.9 Å². The van der Waals surface area contributed by atoms with Gasteiger partial charge in [0.25, 0.3) is 5.91 Å². The van der Waals surface area contributed by atoms with Gasteiger partial charge >= 0.3 is 0 Å². The summed E-state index contributed by atoms with van der Waals surface area (Å²) in [7, 11) is 0. The van der Waals surface area contributed by atoms with E-state index in [0.717, 1.165) is 11.3 Å². The van der Waals surface area contributed by atoms with Gasteiger partial charge < -0.3 is 10.6 Å². The number of anilines is 2. The SMILES string of the molecule is Cc1ccc(N/C=C(\C#N)C(=O)Nc2ccccc2)cc1. The van der Waals surface area contributed by atoms with Crippen LogP contribution in [0.15, 0.2) is 66.4 Å². The van der Waals surface area contributed by atoms with Gasteiger partial charge in [0, 0.05) is 17.6 Å². The fourth-order valence-electron chi connectivity index (χ4n) is 1.67. The Hall–Kier alpha value is -3.06. The van der Waals surface area contributed by atoms with Gasteiger partial charge in [0.15, 0.2) is 0 Å². The topological polar surface area (TPSA) is 64.9 Å². The number of nitriles is 1. The van der Waals surface area contributed by atoms with Crippen LogP contribution in [0.1, 0.15) is 5.56 Å². The molecule has 4 heteroatoms. The Labute approximate surface area is 123 Å². The van der Waals surface area contributed by atoms with E-state index in [9.17, 15) is 4.79 Å². The molecule has 2 aromatic carbocycles. The molecule has 21 heavy (non-hydrogen) atoms. The third-order valence-corrected chi connectivity index (χ3v) is 2.83. The van der Waals surface area contributed by atoms with Crippen LogP contribution in [0.4, 0.5) is 11.4 Å². The van der Waals surface area contributed by atoms with Crippen molar-refractivity contribution in [2.75, 3.05) is 10.6 Å². The summed E-state index contributed by atoms with van der Waals surface area (Å²) in [5, 5.41) is 14.7. The summed E-state index contributed by atoms with van der Waals surface area (Å²) in [5.74, 6) is -0.441. The Balaban J connectivity index is 2.05. The van der Waals surface area contributed by atoms with Crippen molar-refractivity contribution >= 4 is 17.3 Å². The van der Waals surface area contributed by atoms with Crippen LogP contribution in [0.25, 0.3) is 0 Å². The molecule has 0 bridgehead atoms. The molecule has 0 aliphatic carbocycles. The number of aryl methyl sites for hydroxylation is 1. The number of rotatable bonds is 4. The molecule has 0 fully saturated rings. The van der Waals surface area contributed by atoms with E-state index in [1.54, 1.807) is 12.1 Å². The van der Waals surface area contributed by atoms with Crippen molar-refractivity contribution < 1.29 is 4.79 Å². The lowest BCUT2D eigenvalue weighted by Crippen LogP contribution is -2.14. The molecule has 0 saturated heterocycles. The zero-order valence-electron chi connectivity index (χ0n) is 11.6. The Bertz CT molecular complexity index is 682. The average molecular weight is 277 g/mol. The predicted molar refractivity (Wildman–Crippen MR) is 83.6 cm³/mol. The molecule has 4 nitrogen and oxygen atoms in total. The van der Waals surface area contributed by atoms with Gasteiger partial charge in [0.05, 0.1) is 0 Å². The number of amides is 1. The molecule has 1 amide bonds. The van der Waals surface area contributed by atoms with Crippen molar-refractivity contribution in [3.8, 4) is 6.07 Å². The van der Waals surface area contributed by atoms with Gasteiger partial charge in [0.2, 0.25) is 0 Å². The molecule has 0 aliphatic heterocycles. The summed E-state index contributed by atoms with van der Waals surface area (Å²) in [5.41, 5.74) is 2.63. The molecular weight excluding hydrogens is 262 g/mol. The highest BCUT2D eigenvalue weighted by atomic mass is 16.1. The normalized spacial score (nSPS) is 10.6. The molecule has 0 aliphatic rings. The molecule has 0 radical (unpaired) electrons. The average Bonchev–Trinajstić information content (AvgIpc) is 2.51. The van der Waals surface area contributed by atoms with E-state index in [1.165, 1.54) is 6.20 Å². The lowest BCUT2D eigenvalue weighted by atomic mass is 10.2. The van der Waals surface area contributed by atoms with Crippen molar-refractivity contribution in [3.05, 3.63) is 71.9 Å². The molecule has 0 atom stereocenters. The van der Waals surface area contributed by atoms with E-state index in [2.05, 4.69) is 10.6 Å². The van der Waals surface area contributed by atoms with Crippen LogP contribution >= 0.6 is 0 Å². The van der Waals surface area contributed by atoms with Crippen LogP contribution in [0.3, 0.4) is 0 Å². The van der Waals surface area contributed by atoms with Gasteiger partial charge in [-0.05, 0) is 31.2 Å². The Kier molecular flexibility index (Phi) is 4.73. The molecule has 2 N–H and O–H groups in total. The van der Waals surface area contributed by atoms with Crippen LogP contribution in [0, 0.1) is 18.3 Å². The lowest BCUT2D eigenvalue weighted by molar-refractivity contribution is -0.112. The quantitative estimate of drug-likeness (QED) is 0.664. The van der Waals surface area contributed by atoms with E-state index in [1.807, 2.05) is 55.5 Å². The molecule has 0 spiro atoms. The largest absolute Gasteiger partial charge is 0.360 e. The maximum atomic E-state index is 12.0. The van der Waals surface area contributed by atoms with E-state index in [0.29, 0.717) is 5.69 Å². The van der Waals surface area contributed by atoms with Crippen LogP contribution < -0.4 is 10.6 Å². The van der Waals surface area contributed by atoms with Crippen LogP contribution in [-0.2, 0) is 4.79 Å². The monoisotopic (exact) mass is 277 g/mol. The van der Waals surface area contributed by atoms with Gasteiger partial charge in [-0.3, -0.25) is 4.79 Å². The minimum Gasteiger partial charge on any atom is -0.360 e. The number of benzene rings is 2. The molecule has 2 rings (SSSR count). The Morgan fingerprint density at radius 2 is 1.71 bits per heavy atom. The van der Waals surface area contributed by atoms with E-state index in [-0.39, 0.29) is 5.57 Å². The number of para-hydroxylation sites is 1. The first-order chi connectivity index (χ1) is 10.2. The zero-order chi connectivity index (χ0) is 15.1. The molecule has 104 valence electrons. The number of nitrogens with zero attached hydrogens (tertiary/aromatic N) is 1. The maximum absolute atomic E-state index is 12.0. The second-order valence-corrected chi connectivity index (χ2v) is 4.50. The summed E-state index contributed by atoms with van der Waals surface area (Å²) in [4.78, 5) is 12.0. The highest BCUT2D eigenvalue weighted by Crippen LogP contribution is 2.10. The molecule has 2 aromatic rings. The van der Waals surface area contributed by atoms with E-state index in [4.69, 9.17) is 5.26 Å². The second-order valence-electron chi connectivity index (χ2n) is 4.50. The standard InChI is InChI=1S/C17H15N3O/c1-13-7-9-15(10-8-13)19-12-14(11-18)17(21)20-16-5-3-2-4-6-16/h2-10,12,19H,1H3,(H,20,21)/b14-12+. The van der Waals surface area contributed by atoms with Crippen LogP contribution in [-0.4, -0.2) is 5.91 Å². The van der Waals surface area contributed by atoms with Crippen molar-refractivity contribution in [1.82, 2.24) is 0 Å². The summed E-state index contributed by atoms with van der Waals surface area (Å²) in [6.45, 7) is 1.99. The number of carbonyl (C=O) groups is 1. The predicted octanol–water partition coefficient (Wildman–Crippen LogP) is 3.45. The minimum atomic E-state index is -0.441. The minimum absolute atomic E-state index is 0.0134. The van der Waals surface area contributed by atoms with Crippen molar-refractivity contribution in [2.45, 2.75) is 6.92 Å². The van der Waals surface area contributed by atoms with Gasteiger partial charge in [-0.15, -0.1) is 0 Å². The molecule has 0 unspecified atom stereocenters. The van der Waals surface area contributed by atoms with E-state index < -0.39 is 5.91 Å². The molecule has 0 saturated carbocycles. The lowest BCUT2D eigenvalue weighted by Gasteiger charge is -2.05. The van der Waals surface area contributed by atoms with Crippen LogP contribution in [0.2, 0.25) is 0 Å². The number of carbonyl (C=O) groups excluding carboxylic acids is 1. The first-order valence-corrected chi connectivity index (χ1v) is 6.49. The fourth-order valence-corrected chi connectivity index (χ4v) is 1.67. The Morgan fingerprint density at radius 1 is 1.05 bits per heavy atom. The summed E-state index contributed by atoms with van der Waals surface area (Å²) in [6, 6.07) is 18.6. The second kappa shape index (κ2) is 6.92. The third-order valence-electron chi connectivity index (χ3n) is 2.83. The first kappa shape index (κ1) is 14.4. The van der Waals surface area contributed by atoms with E-state index >= 15 is 0 Å². The summed E-state index contributed by atoms with van der Waals surface area (Å²) in [6.07, 6.45) is 1.41. The fraction of sp³-hybridized carbons (Fsp3) is 0.0588. The maximum Gasteiger partial charge on any atom is 0.267 e. The number of hydrogen-bond acceptors (Lipinski definition) is 3. The van der Waals surface area contributed by atoms with Crippen molar-refractivity contribution in [2.24, 2.45) is 0 Å².